The Morgan fingerprint density at radius 3 is 2.19 bits per heavy atom. The maximum atomic E-state index is 14.5. The number of fused-ring (bicyclic) bond motifs is 1. The van der Waals surface area contributed by atoms with E-state index in [0.717, 1.165) is 25.7 Å². The fraction of sp³-hybridized carbons (Fsp3) is 0.514. The molecule has 0 aromatic heterocycles. The third-order valence-corrected chi connectivity index (χ3v) is 10.5. The minimum absolute atomic E-state index is 0.0858. The van der Waals surface area contributed by atoms with Crippen LogP contribution in [0.3, 0.4) is 0 Å². The van der Waals surface area contributed by atoms with Crippen molar-refractivity contribution < 1.29 is 19.1 Å². The zero-order valence-electron chi connectivity index (χ0n) is 24.4. The second-order valence-electron chi connectivity index (χ2n) is 13.2. The smallest absolute Gasteiger partial charge is 0.246 e. The lowest BCUT2D eigenvalue weighted by atomic mass is 9.70. The number of hydrogen-bond donors (Lipinski definition) is 2. The summed E-state index contributed by atoms with van der Waals surface area (Å²) in [5.74, 6) is -1.74. The Balaban J connectivity index is 1.24. The van der Waals surface area contributed by atoms with E-state index in [0.29, 0.717) is 17.3 Å². The fourth-order valence-electron chi connectivity index (χ4n) is 8.42. The van der Waals surface area contributed by atoms with Gasteiger partial charge in [0, 0.05) is 17.4 Å². The first kappa shape index (κ1) is 27.4. The molecule has 5 aliphatic rings. The molecule has 3 heterocycles. The summed E-state index contributed by atoms with van der Waals surface area (Å²) in [4.78, 5) is 44.2. The molecule has 2 aromatic rings. The summed E-state index contributed by atoms with van der Waals surface area (Å²) in [7, 11) is 0. The Bertz CT molecular complexity index is 1380. The van der Waals surface area contributed by atoms with E-state index >= 15 is 0 Å². The van der Waals surface area contributed by atoms with Gasteiger partial charge < -0.3 is 15.4 Å². The highest BCUT2D eigenvalue weighted by atomic mass is 16.5. The minimum Gasteiger partial charge on any atom is -0.356 e. The predicted octanol–water partition coefficient (Wildman–Crippen LogP) is 5.87. The van der Waals surface area contributed by atoms with E-state index in [9.17, 15) is 14.4 Å². The topological polar surface area (TPSA) is 87.7 Å². The zero-order valence-corrected chi connectivity index (χ0v) is 24.4. The molecule has 2 N–H and O–H groups in total. The van der Waals surface area contributed by atoms with E-state index in [1.54, 1.807) is 4.90 Å². The van der Waals surface area contributed by atoms with E-state index < -0.39 is 29.1 Å². The second-order valence-corrected chi connectivity index (χ2v) is 13.2. The fourth-order valence-corrected chi connectivity index (χ4v) is 8.42. The van der Waals surface area contributed by atoms with Gasteiger partial charge >= 0.3 is 0 Å². The van der Waals surface area contributed by atoms with Crippen LogP contribution in [-0.2, 0) is 19.1 Å². The number of nitrogens with one attached hydrogen (secondary N) is 2. The Hall–Kier alpha value is -3.45. The molecule has 3 aliphatic heterocycles. The number of anilines is 2. The monoisotopic (exact) mass is 567 g/mol. The van der Waals surface area contributed by atoms with Crippen LogP contribution in [0.2, 0.25) is 0 Å². The van der Waals surface area contributed by atoms with Gasteiger partial charge in [-0.2, -0.15) is 0 Å². The first-order valence-electron chi connectivity index (χ1n) is 15.9. The van der Waals surface area contributed by atoms with Gasteiger partial charge in [0.1, 0.15) is 11.6 Å². The van der Waals surface area contributed by atoms with Crippen LogP contribution >= 0.6 is 0 Å². The van der Waals surface area contributed by atoms with Crippen molar-refractivity contribution in [2.75, 3.05) is 10.2 Å². The van der Waals surface area contributed by atoms with Crippen LogP contribution in [0.5, 0.6) is 0 Å². The SMILES string of the molecule is C[C@@]12C=C[C@@]3(O1)[C@H](C(=O)N(c1ccc(C4CCCCC4)cc1)[C@H]3C(=O)NC1CCCCC1)[C@@H]2C(=O)Nc1ccccc1. The molecule has 0 unspecified atom stereocenters. The van der Waals surface area contributed by atoms with Gasteiger partial charge in [0.15, 0.2) is 0 Å². The molecule has 2 saturated heterocycles. The molecular formula is C35H41N3O4. The minimum atomic E-state index is -1.22. The van der Waals surface area contributed by atoms with Crippen molar-refractivity contribution in [1.29, 1.82) is 0 Å². The molecule has 5 atom stereocenters. The quantitative estimate of drug-likeness (QED) is 0.428. The lowest BCUT2D eigenvalue weighted by molar-refractivity contribution is -0.131. The van der Waals surface area contributed by atoms with Crippen molar-refractivity contribution in [1.82, 2.24) is 5.32 Å². The number of rotatable bonds is 6. The van der Waals surface area contributed by atoms with Crippen molar-refractivity contribution in [2.45, 2.75) is 100 Å². The number of carbonyl (C=O) groups excluding carboxylic acids is 3. The lowest BCUT2D eigenvalue weighted by Gasteiger charge is -2.34. The standard InChI is InChI=1S/C35H41N3O4/c1-34-21-22-35(42-34)29(28(34)31(39)36-25-13-7-3-8-14-25)33(41)38(30(35)32(40)37-26-15-9-4-10-16-26)27-19-17-24(18-20-27)23-11-5-2-6-12-23/h3,7-8,13-14,17-23,26,28-30H,2,4-6,9-12,15-16H2,1H3,(H,36,39)(H,37,40)/t28-,29+,30+,34+,35-/m1/s1. The Labute approximate surface area is 248 Å². The maximum Gasteiger partial charge on any atom is 0.246 e. The number of amides is 3. The molecular weight excluding hydrogens is 526 g/mol. The van der Waals surface area contributed by atoms with Gasteiger partial charge in [-0.1, -0.05) is 81.0 Å². The summed E-state index contributed by atoms with van der Waals surface area (Å²) >= 11 is 0. The molecule has 0 radical (unpaired) electrons. The third-order valence-electron chi connectivity index (χ3n) is 10.5. The molecule has 7 heteroatoms. The van der Waals surface area contributed by atoms with Gasteiger partial charge in [-0.25, -0.2) is 0 Å². The molecule has 2 aromatic carbocycles. The molecule has 220 valence electrons. The van der Waals surface area contributed by atoms with Crippen molar-refractivity contribution in [2.24, 2.45) is 11.8 Å². The van der Waals surface area contributed by atoms with Crippen molar-refractivity contribution in [3.63, 3.8) is 0 Å². The van der Waals surface area contributed by atoms with Gasteiger partial charge in [-0.05, 0) is 68.4 Å². The van der Waals surface area contributed by atoms with E-state index in [1.807, 2.05) is 61.5 Å². The van der Waals surface area contributed by atoms with E-state index in [1.165, 1.54) is 44.1 Å². The molecule has 7 rings (SSSR count). The van der Waals surface area contributed by atoms with Crippen molar-refractivity contribution in [3.8, 4) is 0 Å². The summed E-state index contributed by atoms with van der Waals surface area (Å²) in [6.07, 6.45) is 15.2. The lowest BCUT2D eigenvalue weighted by Crippen LogP contribution is -2.56. The summed E-state index contributed by atoms with van der Waals surface area (Å²) in [5, 5.41) is 6.29. The Morgan fingerprint density at radius 2 is 1.50 bits per heavy atom. The first-order valence-corrected chi connectivity index (χ1v) is 15.9. The molecule has 2 saturated carbocycles. The van der Waals surface area contributed by atoms with Crippen LogP contribution in [0.1, 0.15) is 82.6 Å². The third kappa shape index (κ3) is 4.48. The summed E-state index contributed by atoms with van der Waals surface area (Å²) in [6, 6.07) is 16.7. The average molecular weight is 568 g/mol. The Morgan fingerprint density at radius 1 is 0.833 bits per heavy atom. The number of nitrogens with zero attached hydrogens (tertiary/aromatic N) is 1. The largest absolute Gasteiger partial charge is 0.356 e. The van der Waals surface area contributed by atoms with Crippen LogP contribution < -0.4 is 15.5 Å². The number of carbonyl (C=O) groups is 3. The van der Waals surface area contributed by atoms with Gasteiger partial charge in [0.25, 0.3) is 0 Å². The second kappa shape index (κ2) is 10.7. The molecule has 3 amide bonds. The molecule has 7 nitrogen and oxygen atoms in total. The summed E-state index contributed by atoms with van der Waals surface area (Å²) < 4.78 is 6.71. The summed E-state index contributed by atoms with van der Waals surface area (Å²) in [5.41, 5.74) is 0.431. The highest BCUT2D eigenvalue weighted by molar-refractivity contribution is 6.11. The van der Waals surface area contributed by atoms with Crippen LogP contribution in [0.25, 0.3) is 0 Å². The maximum absolute atomic E-state index is 14.5. The summed E-state index contributed by atoms with van der Waals surface area (Å²) in [6.45, 7) is 1.86. The average Bonchev–Trinajstić information content (AvgIpc) is 3.59. The predicted molar refractivity (Wildman–Crippen MR) is 162 cm³/mol. The van der Waals surface area contributed by atoms with E-state index in [2.05, 4.69) is 22.8 Å². The normalized spacial score (nSPS) is 32.6. The van der Waals surface area contributed by atoms with Crippen LogP contribution in [-0.4, -0.2) is 41.0 Å². The van der Waals surface area contributed by atoms with Gasteiger partial charge in [-0.15, -0.1) is 0 Å². The molecule has 4 fully saturated rings. The van der Waals surface area contributed by atoms with Gasteiger partial charge in [0.2, 0.25) is 17.7 Å². The number of benzene rings is 2. The number of para-hydroxylation sites is 1. The first-order chi connectivity index (χ1) is 20.4. The number of ether oxygens (including phenoxy) is 1. The van der Waals surface area contributed by atoms with Crippen molar-refractivity contribution in [3.05, 3.63) is 72.3 Å². The van der Waals surface area contributed by atoms with E-state index in [4.69, 9.17) is 4.74 Å². The van der Waals surface area contributed by atoms with Crippen LogP contribution in [0.15, 0.2) is 66.7 Å². The van der Waals surface area contributed by atoms with Crippen molar-refractivity contribution >= 4 is 29.1 Å². The van der Waals surface area contributed by atoms with Crippen LogP contribution in [0.4, 0.5) is 11.4 Å². The molecule has 42 heavy (non-hydrogen) atoms. The van der Waals surface area contributed by atoms with Crippen LogP contribution in [0, 0.1) is 11.8 Å². The molecule has 2 bridgehead atoms. The highest BCUT2D eigenvalue weighted by Gasteiger charge is 2.76. The molecule has 1 spiro atoms. The van der Waals surface area contributed by atoms with E-state index in [-0.39, 0.29) is 23.8 Å². The Kier molecular flexibility index (Phi) is 6.96. The molecule has 2 aliphatic carbocycles. The zero-order chi connectivity index (χ0) is 28.9. The highest BCUT2D eigenvalue weighted by Crippen LogP contribution is 2.60. The van der Waals surface area contributed by atoms with Gasteiger partial charge in [-0.3, -0.25) is 19.3 Å². The van der Waals surface area contributed by atoms with Gasteiger partial charge in [0.05, 0.1) is 17.4 Å². The number of hydrogen-bond acceptors (Lipinski definition) is 4.